The molecule has 132 valence electrons. The summed E-state index contributed by atoms with van der Waals surface area (Å²) >= 11 is 5.95. The number of rotatable bonds is 7. The highest BCUT2D eigenvalue weighted by Crippen LogP contribution is 2.26. The van der Waals surface area contributed by atoms with Crippen molar-refractivity contribution >= 4 is 34.8 Å². The lowest BCUT2D eigenvalue weighted by molar-refractivity contribution is -0.384. The lowest BCUT2D eigenvalue weighted by Gasteiger charge is -2.24. The van der Waals surface area contributed by atoms with Gasteiger partial charge in [-0.25, -0.2) is 0 Å². The molecule has 24 heavy (non-hydrogen) atoms. The molecule has 0 saturated heterocycles. The molecule has 0 radical (unpaired) electrons. The van der Waals surface area contributed by atoms with Crippen LogP contribution < -0.4 is 10.6 Å². The monoisotopic (exact) mass is 356 g/mol. The minimum Gasteiger partial charge on any atom is -0.353 e. The Kier molecular flexibility index (Phi) is 7.12. The molecule has 1 atom stereocenters. The summed E-state index contributed by atoms with van der Waals surface area (Å²) in [5.41, 5.74) is 0.118. The van der Waals surface area contributed by atoms with E-state index in [-0.39, 0.29) is 40.8 Å². The van der Waals surface area contributed by atoms with E-state index >= 15 is 0 Å². The van der Waals surface area contributed by atoms with Gasteiger partial charge in [0.25, 0.3) is 5.69 Å². The second kappa shape index (κ2) is 8.60. The predicted octanol–water partition coefficient (Wildman–Crippen LogP) is 2.03. The summed E-state index contributed by atoms with van der Waals surface area (Å²) in [6.07, 6.45) is 0. The number of non-ortho nitro benzene ring substituents is 1. The van der Waals surface area contributed by atoms with Crippen LogP contribution in [0.5, 0.6) is 0 Å². The van der Waals surface area contributed by atoms with Crippen LogP contribution >= 0.6 is 11.6 Å². The van der Waals surface area contributed by atoms with Crippen LogP contribution in [0.15, 0.2) is 18.2 Å². The molecule has 0 spiro atoms. The number of hydrogen-bond donors (Lipinski definition) is 2. The summed E-state index contributed by atoms with van der Waals surface area (Å²) in [5.74, 6) is -0.550. The van der Waals surface area contributed by atoms with Crippen molar-refractivity contribution in [3.05, 3.63) is 33.3 Å². The third-order valence-electron chi connectivity index (χ3n) is 3.30. The minimum absolute atomic E-state index is 0.0222. The third-order valence-corrected chi connectivity index (χ3v) is 3.62. The van der Waals surface area contributed by atoms with Gasteiger partial charge in [0.15, 0.2) is 0 Å². The Morgan fingerprint density at radius 1 is 1.33 bits per heavy atom. The molecule has 9 heteroatoms. The normalized spacial score (nSPS) is 12.1. The standard InChI is InChI=1S/C15H21ClN4O4/c1-9(2)17-14(21)8-19(4)10(3)15(22)18-13-6-5-11(20(23)24)7-12(13)16/h5-7,9-10H,8H2,1-4H3,(H,17,21)(H,18,22). The summed E-state index contributed by atoms with van der Waals surface area (Å²) in [6.45, 7) is 5.42. The van der Waals surface area contributed by atoms with E-state index in [4.69, 9.17) is 11.6 Å². The summed E-state index contributed by atoms with van der Waals surface area (Å²) in [7, 11) is 1.65. The number of nitrogens with one attached hydrogen (secondary N) is 2. The molecule has 1 aromatic carbocycles. The fourth-order valence-corrected chi connectivity index (χ4v) is 2.11. The average molecular weight is 357 g/mol. The van der Waals surface area contributed by atoms with Crippen LogP contribution in [-0.2, 0) is 9.59 Å². The highest BCUT2D eigenvalue weighted by Gasteiger charge is 2.21. The van der Waals surface area contributed by atoms with Crippen molar-refractivity contribution in [2.75, 3.05) is 18.9 Å². The molecule has 1 aromatic rings. The van der Waals surface area contributed by atoms with Gasteiger partial charge in [-0.3, -0.25) is 24.6 Å². The zero-order valence-electron chi connectivity index (χ0n) is 14.0. The van der Waals surface area contributed by atoms with E-state index in [9.17, 15) is 19.7 Å². The predicted molar refractivity (Wildman–Crippen MR) is 92.1 cm³/mol. The number of benzene rings is 1. The maximum absolute atomic E-state index is 12.3. The number of carbonyl (C=O) groups is 2. The molecule has 2 N–H and O–H groups in total. The zero-order chi connectivity index (χ0) is 18.4. The molecule has 1 unspecified atom stereocenters. The fraction of sp³-hybridized carbons (Fsp3) is 0.467. The third kappa shape index (κ3) is 5.78. The Bertz CT molecular complexity index is 636. The number of carbonyl (C=O) groups excluding carboxylic acids is 2. The second-order valence-corrected chi connectivity index (χ2v) is 6.13. The first-order valence-electron chi connectivity index (χ1n) is 7.36. The van der Waals surface area contributed by atoms with Crippen molar-refractivity contribution in [2.45, 2.75) is 32.9 Å². The molecule has 1 rings (SSSR count). The van der Waals surface area contributed by atoms with Gasteiger partial charge in [0.05, 0.1) is 28.2 Å². The topological polar surface area (TPSA) is 105 Å². The lowest BCUT2D eigenvalue weighted by Crippen LogP contribution is -2.46. The smallest absolute Gasteiger partial charge is 0.271 e. The van der Waals surface area contributed by atoms with Crippen molar-refractivity contribution in [1.29, 1.82) is 0 Å². The van der Waals surface area contributed by atoms with E-state index in [1.165, 1.54) is 18.2 Å². The van der Waals surface area contributed by atoms with Crippen molar-refractivity contribution in [1.82, 2.24) is 10.2 Å². The molecule has 0 bridgehead atoms. The second-order valence-electron chi connectivity index (χ2n) is 5.72. The van der Waals surface area contributed by atoms with Gasteiger partial charge in [0, 0.05) is 18.2 Å². The Morgan fingerprint density at radius 2 is 1.96 bits per heavy atom. The summed E-state index contributed by atoms with van der Waals surface area (Å²) in [4.78, 5) is 35.7. The number of nitro groups is 1. The largest absolute Gasteiger partial charge is 0.353 e. The SMILES string of the molecule is CC(C)NC(=O)CN(C)C(C)C(=O)Nc1ccc([N+](=O)[O-])cc1Cl. The number of hydrogen-bond acceptors (Lipinski definition) is 5. The fourth-order valence-electron chi connectivity index (χ4n) is 1.89. The van der Waals surface area contributed by atoms with Gasteiger partial charge in [-0.15, -0.1) is 0 Å². The van der Waals surface area contributed by atoms with E-state index in [2.05, 4.69) is 10.6 Å². The van der Waals surface area contributed by atoms with E-state index in [1.54, 1.807) is 18.9 Å². The molecule has 0 aromatic heterocycles. The number of anilines is 1. The Labute approximate surface area is 145 Å². The first-order chi connectivity index (χ1) is 11.1. The van der Waals surface area contributed by atoms with Crippen molar-refractivity contribution in [2.24, 2.45) is 0 Å². The molecular formula is C15H21ClN4O4. The molecule has 0 aliphatic heterocycles. The minimum atomic E-state index is -0.589. The zero-order valence-corrected chi connectivity index (χ0v) is 14.8. The van der Waals surface area contributed by atoms with Gasteiger partial charge in [0.1, 0.15) is 0 Å². The Balaban J connectivity index is 2.70. The molecule has 0 aliphatic carbocycles. The summed E-state index contributed by atoms with van der Waals surface area (Å²) < 4.78 is 0. The summed E-state index contributed by atoms with van der Waals surface area (Å²) in [5, 5.41) is 16.1. The van der Waals surface area contributed by atoms with Crippen LogP contribution in [0.1, 0.15) is 20.8 Å². The van der Waals surface area contributed by atoms with Gasteiger partial charge in [-0.1, -0.05) is 11.6 Å². The molecule has 2 amide bonds. The van der Waals surface area contributed by atoms with Crippen molar-refractivity contribution < 1.29 is 14.5 Å². The maximum atomic E-state index is 12.3. The van der Waals surface area contributed by atoms with Crippen LogP contribution in [-0.4, -0.2) is 47.3 Å². The van der Waals surface area contributed by atoms with Crippen LogP contribution in [0.4, 0.5) is 11.4 Å². The van der Waals surface area contributed by atoms with Gasteiger partial charge in [-0.2, -0.15) is 0 Å². The Hall–Kier alpha value is -2.19. The van der Waals surface area contributed by atoms with Crippen LogP contribution in [0, 0.1) is 10.1 Å². The van der Waals surface area contributed by atoms with E-state index in [0.29, 0.717) is 0 Å². The number of nitro benzene ring substituents is 1. The van der Waals surface area contributed by atoms with Gasteiger partial charge in [0.2, 0.25) is 11.8 Å². The van der Waals surface area contributed by atoms with E-state index in [0.717, 1.165) is 0 Å². The molecule has 0 fully saturated rings. The van der Waals surface area contributed by atoms with Crippen LogP contribution in [0.2, 0.25) is 5.02 Å². The average Bonchev–Trinajstić information content (AvgIpc) is 2.47. The number of halogens is 1. The highest BCUT2D eigenvalue weighted by molar-refractivity contribution is 6.34. The lowest BCUT2D eigenvalue weighted by atomic mass is 10.2. The number of likely N-dealkylation sites (N-methyl/N-ethyl adjacent to an activating group) is 1. The molecule has 0 heterocycles. The van der Waals surface area contributed by atoms with Gasteiger partial charge < -0.3 is 10.6 Å². The van der Waals surface area contributed by atoms with Gasteiger partial charge >= 0.3 is 0 Å². The first kappa shape index (κ1) is 19.9. The van der Waals surface area contributed by atoms with Crippen LogP contribution in [0.25, 0.3) is 0 Å². The molecular weight excluding hydrogens is 336 g/mol. The van der Waals surface area contributed by atoms with Gasteiger partial charge in [-0.05, 0) is 33.9 Å². The first-order valence-corrected chi connectivity index (χ1v) is 7.74. The summed E-state index contributed by atoms with van der Waals surface area (Å²) in [6, 6.07) is 3.23. The molecule has 0 aliphatic rings. The molecule has 0 saturated carbocycles. The Morgan fingerprint density at radius 3 is 2.46 bits per heavy atom. The van der Waals surface area contributed by atoms with E-state index in [1.807, 2.05) is 13.8 Å². The number of amides is 2. The highest BCUT2D eigenvalue weighted by atomic mass is 35.5. The van der Waals surface area contributed by atoms with Crippen molar-refractivity contribution in [3.63, 3.8) is 0 Å². The molecule has 8 nitrogen and oxygen atoms in total. The maximum Gasteiger partial charge on any atom is 0.271 e. The van der Waals surface area contributed by atoms with Crippen molar-refractivity contribution in [3.8, 4) is 0 Å². The van der Waals surface area contributed by atoms with Crippen LogP contribution in [0.3, 0.4) is 0 Å². The quantitative estimate of drug-likeness (QED) is 0.574. The number of nitrogens with zero attached hydrogens (tertiary/aromatic N) is 2. The van der Waals surface area contributed by atoms with E-state index < -0.39 is 11.0 Å².